The standard InChI is InChI=1S/C10H14BrFN2/c1-6(13)7(2)14-10-5-8(12)3-4-9(10)11/h3-7,14H,13H2,1-2H3. The molecule has 0 aliphatic carbocycles. The molecule has 4 heteroatoms. The van der Waals surface area contributed by atoms with Gasteiger partial charge in [-0.1, -0.05) is 0 Å². The Morgan fingerprint density at radius 3 is 2.64 bits per heavy atom. The molecule has 0 saturated carbocycles. The average molecular weight is 261 g/mol. The summed E-state index contributed by atoms with van der Waals surface area (Å²) in [6.45, 7) is 3.87. The summed E-state index contributed by atoms with van der Waals surface area (Å²) in [6.07, 6.45) is 0. The van der Waals surface area contributed by atoms with Gasteiger partial charge in [-0.05, 0) is 48.0 Å². The van der Waals surface area contributed by atoms with Crippen LogP contribution in [-0.4, -0.2) is 12.1 Å². The number of halogens is 2. The lowest BCUT2D eigenvalue weighted by Gasteiger charge is -2.19. The van der Waals surface area contributed by atoms with Crippen molar-refractivity contribution in [2.24, 2.45) is 5.73 Å². The van der Waals surface area contributed by atoms with Gasteiger partial charge in [0.2, 0.25) is 0 Å². The maximum Gasteiger partial charge on any atom is 0.125 e. The lowest BCUT2D eigenvalue weighted by molar-refractivity contribution is 0.621. The highest BCUT2D eigenvalue weighted by atomic mass is 79.9. The molecule has 2 nitrogen and oxygen atoms in total. The molecule has 0 radical (unpaired) electrons. The van der Waals surface area contributed by atoms with Gasteiger partial charge >= 0.3 is 0 Å². The zero-order valence-corrected chi connectivity index (χ0v) is 9.81. The van der Waals surface area contributed by atoms with Crippen molar-refractivity contribution in [1.82, 2.24) is 0 Å². The molecular formula is C10H14BrFN2. The summed E-state index contributed by atoms with van der Waals surface area (Å²) in [4.78, 5) is 0. The zero-order valence-electron chi connectivity index (χ0n) is 8.22. The number of nitrogens with two attached hydrogens (primary N) is 1. The second-order valence-corrected chi connectivity index (χ2v) is 4.27. The number of anilines is 1. The molecule has 1 aromatic carbocycles. The first-order valence-electron chi connectivity index (χ1n) is 4.48. The third kappa shape index (κ3) is 2.96. The second-order valence-electron chi connectivity index (χ2n) is 3.42. The molecule has 1 aromatic rings. The molecule has 78 valence electrons. The summed E-state index contributed by atoms with van der Waals surface area (Å²) in [6, 6.07) is 4.65. The number of benzene rings is 1. The van der Waals surface area contributed by atoms with Gasteiger partial charge in [0.15, 0.2) is 0 Å². The van der Waals surface area contributed by atoms with Gasteiger partial charge in [0, 0.05) is 16.6 Å². The summed E-state index contributed by atoms with van der Waals surface area (Å²) >= 11 is 3.34. The number of rotatable bonds is 3. The SMILES string of the molecule is CC(N)C(C)Nc1cc(F)ccc1Br. The Kier molecular flexibility index (Phi) is 3.89. The van der Waals surface area contributed by atoms with Crippen LogP contribution in [0.4, 0.5) is 10.1 Å². The molecule has 0 aliphatic rings. The van der Waals surface area contributed by atoms with E-state index in [1.807, 2.05) is 13.8 Å². The molecule has 0 aromatic heterocycles. The normalized spacial score (nSPS) is 14.9. The van der Waals surface area contributed by atoms with Crippen LogP contribution in [0.1, 0.15) is 13.8 Å². The fourth-order valence-corrected chi connectivity index (χ4v) is 1.35. The van der Waals surface area contributed by atoms with E-state index in [2.05, 4.69) is 21.2 Å². The van der Waals surface area contributed by atoms with Crippen LogP contribution in [0.25, 0.3) is 0 Å². The molecule has 3 N–H and O–H groups in total. The monoisotopic (exact) mass is 260 g/mol. The minimum Gasteiger partial charge on any atom is -0.380 e. The maximum absolute atomic E-state index is 12.9. The number of nitrogens with one attached hydrogen (secondary N) is 1. The van der Waals surface area contributed by atoms with E-state index in [0.717, 1.165) is 10.2 Å². The van der Waals surface area contributed by atoms with Crippen molar-refractivity contribution in [2.75, 3.05) is 5.32 Å². The van der Waals surface area contributed by atoms with E-state index in [1.54, 1.807) is 6.07 Å². The Bertz CT molecular complexity index is 315. The molecule has 0 saturated heterocycles. The van der Waals surface area contributed by atoms with Crippen LogP contribution in [0.15, 0.2) is 22.7 Å². The first-order valence-corrected chi connectivity index (χ1v) is 5.27. The minimum absolute atomic E-state index is 0.0187. The lowest BCUT2D eigenvalue weighted by Crippen LogP contribution is -2.35. The summed E-state index contributed by atoms with van der Waals surface area (Å²) in [5.41, 5.74) is 6.43. The van der Waals surface area contributed by atoms with Crippen molar-refractivity contribution in [3.05, 3.63) is 28.5 Å². The van der Waals surface area contributed by atoms with Gasteiger partial charge in [0.05, 0.1) is 5.69 Å². The van der Waals surface area contributed by atoms with Crippen molar-refractivity contribution in [2.45, 2.75) is 25.9 Å². The van der Waals surface area contributed by atoms with Gasteiger partial charge in [-0.2, -0.15) is 0 Å². The van der Waals surface area contributed by atoms with Crippen molar-refractivity contribution in [3.8, 4) is 0 Å². The molecule has 0 bridgehead atoms. The molecule has 0 amide bonds. The lowest BCUT2D eigenvalue weighted by atomic mass is 10.2. The largest absolute Gasteiger partial charge is 0.380 e. The molecule has 0 fully saturated rings. The highest BCUT2D eigenvalue weighted by Gasteiger charge is 2.09. The third-order valence-electron chi connectivity index (χ3n) is 2.10. The molecule has 2 atom stereocenters. The van der Waals surface area contributed by atoms with E-state index in [-0.39, 0.29) is 17.9 Å². The fourth-order valence-electron chi connectivity index (χ4n) is 0.985. The van der Waals surface area contributed by atoms with Gasteiger partial charge in [0.1, 0.15) is 5.82 Å². The van der Waals surface area contributed by atoms with Crippen molar-refractivity contribution in [1.29, 1.82) is 0 Å². The number of hydrogen-bond acceptors (Lipinski definition) is 2. The van der Waals surface area contributed by atoms with E-state index in [0.29, 0.717) is 0 Å². The molecule has 0 spiro atoms. The predicted octanol–water partition coefficient (Wildman–Crippen LogP) is 2.74. The first-order chi connectivity index (χ1) is 6.50. The Hall–Kier alpha value is -0.610. The zero-order chi connectivity index (χ0) is 10.7. The van der Waals surface area contributed by atoms with E-state index in [1.165, 1.54) is 12.1 Å². The first kappa shape index (κ1) is 11.5. The van der Waals surface area contributed by atoms with Crippen LogP contribution >= 0.6 is 15.9 Å². The Morgan fingerprint density at radius 2 is 2.07 bits per heavy atom. The summed E-state index contributed by atoms with van der Waals surface area (Å²) in [7, 11) is 0. The van der Waals surface area contributed by atoms with Crippen LogP contribution in [0.5, 0.6) is 0 Å². The quantitative estimate of drug-likeness (QED) is 0.877. The van der Waals surface area contributed by atoms with E-state index in [4.69, 9.17) is 5.73 Å². The van der Waals surface area contributed by atoms with Crippen molar-refractivity contribution < 1.29 is 4.39 Å². The van der Waals surface area contributed by atoms with Gasteiger partial charge in [0.25, 0.3) is 0 Å². The van der Waals surface area contributed by atoms with Crippen LogP contribution in [0.2, 0.25) is 0 Å². The van der Waals surface area contributed by atoms with Gasteiger partial charge in [-0.15, -0.1) is 0 Å². The van der Waals surface area contributed by atoms with Crippen molar-refractivity contribution in [3.63, 3.8) is 0 Å². The van der Waals surface area contributed by atoms with Gasteiger partial charge in [-0.25, -0.2) is 4.39 Å². The Labute approximate surface area is 91.8 Å². The summed E-state index contributed by atoms with van der Waals surface area (Å²) in [5, 5.41) is 3.14. The maximum atomic E-state index is 12.9. The van der Waals surface area contributed by atoms with E-state index >= 15 is 0 Å². The molecule has 14 heavy (non-hydrogen) atoms. The van der Waals surface area contributed by atoms with E-state index in [9.17, 15) is 4.39 Å². The Morgan fingerprint density at radius 1 is 1.43 bits per heavy atom. The average Bonchev–Trinajstić information content (AvgIpc) is 2.11. The van der Waals surface area contributed by atoms with Crippen LogP contribution in [0, 0.1) is 5.82 Å². The summed E-state index contributed by atoms with van der Waals surface area (Å²) in [5.74, 6) is -0.257. The van der Waals surface area contributed by atoms with Crippen LogP contribution in [0.3, 0.4) is 0 Å². The highest BCUT2D eigenvalue weighted by Crippen LogP contribution is 2.23. The number of hydrogen-bond donors (Lipinski definition) is 2. The minimum atomic E-state index is -0.257. The van der Waals surface area contributed by atoms with Crippen LogP contribution < -0.4 is 11.1 Å². The topological polar surface area (TPSA) is 38.0 Å². The molecule has 0 heterocycles. The third-order valence-corrected chi connectivity index (χ3v) is 2.79. The fraction of sp³-hybridized carbons (Fsp3) is 0.400. The molecule has 2 unspecified atom stereocenters. The van der Waals surface area contributed by atoms with Gasteiger partial charge < -0.3 is 11.1 Å². The van der Waals surface area contributed by atoms with Crippen LogP contribution in [-0.2, 0) is 0 Å². The smallest absolute Gasteiger partial charge is 0.125 e. The molecule has 0 aliphatic heterocycles. The molecule has 1 rings (SSSR count). The Balaban J connectivity index is 2.80. The van der Waals surface area contributed by atoms with E-state index < -0.39 is 0 Å². The molecular weight excluding hydrogens is 247 g/mol. The summed E-state index contributed by atoms with van der Waals surface area (Å²) < 4.78 is 13.7. The second kappa shape index (κ2) is 4.75. The van der Waals surface area contributed by atoms with Gasteiger partial charge in [-0.3, -0.25) is 0 Å². The van der Waals surface area contributed by atoms with Crippen molar-refractivity contribution >= 4 is 21.6 Å². The predicted molar refractivity (Wildman–Crippen MR) is 60.8 cm³/mol. The highest BCUT2D eigenvalue weighted by molar-refractivity contribution is 9.10.